The van der Waals surface area contributed by atoms with E-state index in [1.165, 1.54) is 6.07 Å². The van der Waals surface area contributed by atoms with Crippen molar-refractivity contribution in [2.45, 2.75) is 30.3 Å². The number of nitrogens with two attached hydrogens (primary N) is 1. The summed E-state index contributed by atoms with van der Waals surface area (Å²) in [6, 6.07) is 5.17. The Morgan fingerprint density at radius 3 is 2.40 bits per heavy atom. The Hall–Kier alpha value is -2.36. The normalized spacial score (nSPS) is 13.0. The van der Waals surface area contributed by atoms with Crippen LogP contribution in [0, 0.1) is 5.92 Å². The number of urea groups is 1. The van der Waals surface area contributed by atoms with Gasteiger partial charge in [0, 0.05) is 5.39 Å². The Bertz CT molecular complexity index is 811. The molecule has 1 atom stereocenters. The van der Waals surface area contributed by atoms with Crippen molar-refractivity contribution < 1.29 is 22.8 Å². The molecule has 0 radical (unpaired) electrons. The highest BCUT2D eigenvalue weighted by molar-refractivity contribution is 8.00. The van der Waals surface area contributed by atoms with Crippen LogP contribution in [0.15, 0.2) is 29.3 Å². The molecule has 25 heavy (non-hydrogen) atoms. The number of aromatic nitrogens is 2. The number of primary amides is 1. The zero-order valence-electron chi connectivity index (χ0n) is 13.3. The van der Waals surface area contributed by atoms with Gasteiger partial charge in [0.05, 0.1) is 10.8 Å². The number of hydrogen-bond donors (Lipinski definition) is 2. The third-order valence-electron chi connectivity index (χ3n) is 3.17. The second-order valence-corrected chi connectivity index (χ2v) is 6.63. The SMILES string of the molecule is CC(C)C(Sc1nc(C(F)(F)F)nc2ccccc12)C(=O)NC(N)=O. The van der Waals surface area contributed by atoms with E-state index in [1.807, 2.05) is 5.32 Å². The van der Waals surface area contributed by atoms with Crippen molar-refractivity contribution in [3.05, 3.63) is 30.1 Å². The summed E-state index contributed by atoms with van der Waals surface area (Å²) in [6.45, 7) is 3.40. The van der Waals surface area contributed by atoms with Crippen molar-refractivity contribution >= 4 is 34.6 Å². The first kappa shape index (κ1) is 19.0. The minimum atomic E-state index is -4.72. The molecule has 0 saturated carbocycles. The van der Waals surface area contributed by atoms with Gasteiger partial charge in [-0.2, -0.15) is 13.2 Å². The molecule has 3 N–H and O–H groups in total. The second kappa shape index (κ2) is 7.26. The molecule has 0 aliphatic heterocycles. The van der Waals surface area contributed by atoms with Crippen LogP contribution in [0.5, 0.6) is 0 Å². The first-order chi connectivity index (χ1) is 11.6. The van der Waals surface area contributed by atoms with Crippen LogP contribution in [0.4, 0.5) is 18.0 Å². The lowest BCUT2D eigenvalue weighted by atomic mass is 10.1. The van der Waals surface area contributed by atoms with E-state index in [2.05, 4.69) is 9.97 Å². The minimum Gasteiger partial charge on any atom is -0.351 e. The lowest BCUT2D eigenvalue weighted by molar-refractivity contribution is -0.145. The molecule has 1 unspecified atom stereocenters. The number of thioether (sulfide) groups is 1. The number of rotatable bonds is 4. The number of alkyl halides is 3. The molecule has 1 aromatic carbocycles. The van der Waals surface area contributed by atoms with Gasteiger partial charge in [-0.05, 0) is 12.0 Å². The molecule has 3 amide bonds. The topological polar surface area (TPSA) is 98.0 Å². The number of benzene rings is 1. The van der Waals surface area contributed by atoms with E-state index in [9.17, 15) is 22.8 Å². The predicted octanol–water partition coefficient (Wildman–Crippen LogP) is 2.96. The van der Waals surface area contributed by atoms with Crippen molar-refractivity contribution in [3.8, 4) is 0 Å². The Labute approximate surface area is 145 Å². The van der Waals surface area contributed by atoms with Gasteiger partial charge >= 0.3 is 12.2 Å². The largest absolute Gasteiger partial charge is 0.451 e. The van der Waals surface area contributed by atoms with Gasteiger partial charge in [-0.1, -0.05) is 43.8 Å². The number of imide groups is 1. The molecule has 6 nitrogen and oxygen atoms in total. The Morgan fingerprint density at radius 2 is 1.84 bits per heavy atom. The Morgan fingerprint density at radius 1 is 1.20 bits per heavy atom. The van der Waals surface area contributed by atoms with Gasteiger partial charge in [0.15, 0.2) is 0 Å². The molecule has 2 aromatic rings. The molecule has 1 aromatic heterocycles. The number of para-hydroxylation sites is 1. The lowest BCUT2D eigenvalue weighted by Crippen LogP contribution is -2.42. The van der Waals surface area contributed by atoms with E-state index in [4.69, 9.17) is 5.73 Å². The highest BCUT2D eigenvalue weighted by Gasteiger charge is 2.36. The molecule has 0 aliphatic rings. The van der Waals surface area contributed by atoms with Crippen LogP contribution in [0.25, 0.3) is 10.9 Å². The molecular weight excluding hydrogens is 357 g/mol. The summed E-state index contributed by atoms with van der Waals surface area (Å²) >= 11 is 0.836. The highest BCUT2D eigenvalue weighted by atomic mass is 32.2. The fourth-order valence-electron chi connectivity index (χ4n) is 2.07. The average Bonchev–Trinajstić information content (AvgIpc) is 2.50. The predicted molar refractivity (Wildman–Crippen MR) is 86.7 cm³/mol. The van der Waals surface area contributed by atoms with Crippen LogP contribution < -0.4 is 11.1 Å². The van der Waals surface area contributed by atoms with Gasteiger partial charge in [0.2, 0.25) is 11.7 Å². The number of carbonyl (C=O) groups excluding carboxylic acids is 2. The van der Waals surface area contributed by atoms with E-state index in [-0.39, 0.29) is 16.5 Å². The molecule has 1 heterocycles. The number of amides is 3. The molecule has 134 valence electrons. The Balaban J connectivity index is 2.50. The number of halogens is 3. The molecule has 0 aliphatic carbocycles. The van der Waals surface area contributed by atoms with Crippen LogP contribution in [-0.2, 0) is 11.0 Å². The first-order valence-corrected chi connectivity index (χ1v) is 8.08. The van der Waals surface area contributed by atoms with Crippen molar-refractivity contribution in [3.63, 3.8) is 0 Å². The van der Waals surface area contributed by atoms with Gasteiger partial charge in [-0.25, -0.2) is 14.8 Å². The molecule has 10 heteroatoms. The lowest BCUT2D eigenvalue weighted by Gasteiger charge is -2.19. The van der Waals surface area contributed by atoms with Crippen molar-refractivity contribution in [2.75, 3.05) is 0 Å². The third-order valence-corrected chi connectivity index (χ3v) is 4.72. The van der Waals surface area contributed by atoms with Crippen LogP contribution in [-0.4, -0.2) is 27.2 Å². The van der Waals surface area contributed by atoms with E-state index in [1.54, 1.807) is 32.0 Å². The number of hydrogen-bond acceptors (Lipinski definition) is 5. The van der Waals surface area contributed by atoms with E-state index >= 15 is 0 Å². The van der Waals surface area contributed by atoms with E-state index in [0.29, 0.717) is 5.39 Å². The van der Waals surface area contributed by atoms with E-state index < -0.39 is 29.2 Å². The van der Waals surface area contributed by atoms with Crippen LogP contribution in [0.1, 0.15) is 19.7 Å². The number of carbonyl (C=O) groups is 2. The van der Waals surface area contributed by atoms with Gasteiger partial charge < -0.3 is 5.73 Å². The van der Waals surface area contributed by atoms with Crippen LogP contribution >= 0.6 is 11.8 Å². The fraction of sp³-hybridized carbons (Fsp3) is 0.333. The molecule has 0 saturated heterocycles. The molecule has 0 spiro atoms. The zero-order chi connectivity index (χ0) is 18.8. The molecular formula is C15H15F3N4O2S. The van der Waals surface area contributed by atoms with Crippen LogP contribution in [0.2, 0.25) is 0 Å². The summed E-state index contributed by atoms with van der Waals surface area (Å²) in [5.74, 6) is -2.26. The molecule has 0 bridgehead atoms. The maximum Gasteiger partial charge on any atom is 0.451 e. The van der Waals surface area contributed by atoms with Crippen LogP contribution in [0.3, 0.4) is 0 Å². The van der Waals surface area contributed by atoms with Gasteiger partial charge in [0.1, 0.15) is 5.03 Å². The molecule has 0 fully saturated rings. The maximum absolute atomic E-state index is 13.0. The second-order valence-electron chi connectivity index (χ2n) is 5.50. The monoisotopic (exact) mass is 372 g/mol. The Kier molecular flexibility index (Phi) is 5.51. The summed E-state index contributed by atoms with van der Waals surface area (Å²) in [5, 5.41) is 1.49. The summed E-state index contributed by atoms with van der Waals surface area (Å²) in [7, 11) is 0. The number of nitrogens with one attached hydrogen (secondary N) is 1. The summed E-state index contributed by atoms with van der Waals surface area (Å²) < 4.78 is 39.1. The summed E-state index contributed by atoms with van der Waals surface area (Å²) in [5.41, 5.74) is 5.06. The van der Waals surface area contributed by atoms with Crippen molar-refractivity contribution in [2.24, 2.45) is 11.7 Å². The maximum atomic E-state index is 13.0. The average molecular weight is 372 g/mol. The fourth-order valence-corrected chi connectivity index (χ4v) is 3.19. The standard InChI is InChI=1S/C15H15F3N4O2S/c1-7(2)10(11(23)21-14(19)24)25-12-8-5-3-4-6-9(8)20-13(22-12)15(16,17)18/h3-7,10H,1-2H3,(H3,19,21,23,24). The number of fused-ring (bicyclic) bond motifs is 1. The zero-order valence-corrected chi connectivity index (χ0v) is 14.1. The van der Waals surface area contributed by atoms with Gasteiger partial charge in [0.25, 0.3) is 0 Å². The molecule has 2 rings (SSSR count). The first-order valence-electron chi connectivity index (χ1n) is 7.20. The third kappa shape index (κ3) is 4.59. The smallest absolute Gasteiger partial charge is 0.351 e. The minimum absolute atomic E-state index is 0.0104. The summed E-state index contributed by atoms with van der Waals surface area (Å²) in [6.07, 6.45) is -4.72. The van der Waals surface area contributed by atoms with Gasteiger partial charge in [-0.15, -0.1) is 0 Å². The van der Waals surface area contributed by atoms with E-state index in [0.717, 1.165) is 11.8 Å². The summed E-state index contributed by atoms with van der Waals surface area (Å²) in [4.78, 5) is 30.1. The quantitative estimate of drug-likeness (QED) is 0.635. The van der Waals surface area contributed by atoms with Crippen molar-refractivity contribution in [1.82, 2.24) is 15.3 Å². The van der Waals surface area contributed by atoms with Gasteiger partial charge in [-0.3, -0.25) is 10.1 Å². The highest BCUT2D eigenvalue weighted by Crippen LogP contribution is 2.35. The number of nitrogens with zero attached hydrogens (tertiary/aromatic N) is 2. The van der Waals surface area contributed by atoms with Crippen molar-refractivity contribution in [1.29, 1.82) is 0 Å².